The van der Waals surface area contributed by atoms with E-state index >= 15 is 0 Å². The van der Waals surface area contributed by atoms with Crippen LogP contribution in [0.25, 0.3) is 0 Å². The lowest BCUT2D eigenvalue weighted by Crippen LogP contribution is -2.65. The van der Waals surface area contributed by atoms with Crippen molar-refractivity contribution in [3.05, 3.63) is 34.9 Å². The second-order valence-electron chi connectivity index (χ2n) is 10.6. The summed E-state index contributed by atoms with van der Waals surface area (Å²) in [5.74, 6) is -1.13. The average Bonchev–Trinajstić information content (AvgIpc) is 3.21. The SMILES string of the molecule is C/C=C(/C)C(=O)O[C@H]1C(C)=C[C@@]23C(=O)[C@H](C=C(CO)[C@@H](O)[C@@]12O)[C@@H]1[C@@H](C[C@H]3C)C1(C)C. The van der Waals surface area contributed by atoms with Gasteiger partial charge in [0, 0.05) is 11.5 Å². The fourth-order valence-corrected chi connectivity index (χ4v) is 6.91. The van der Waals surface area contributed by atoms with Crippen LogP contribution in [0.15, 0.2) is 34.9 Å². The molecule has 2 fully saturated rings. The molecule has 0 amide bonds. The maximum atomic E-state index is 14.2. The zero-order valence-electron chi connectivity index (χ0n) is 19.2. The van der Waals surface area contributed by atoms with E-state index in [9.17, 15) is 24.9 Å². The molecule has 6 heteroatoms. The predicted molar refractivity (Wildman–Crippen MR) is 115 cm³/mol. The summed E-state index contributed by atoms with van der Waals surface area (Å²) in [6.07, 6.45) is 3.04. The van der Waals surface area contributed by atoms with Gasteiger partial charge in [-0.05, 0) is 61.5 Å². The maximum absolute atomic E-state index is 14.2. The van der Waals surface area contributed by atoms with Gasteiger partial charge >= 0.3 is 5.97 Å². The quantitative estimate of drug-likeness (QED) is 0.361. The highest BCUT2D eigenvalue weighted by molar-refractivity contribution is 5.96. The van der Waals surface area contributed by atoms with Gasteiger partial charge in [-0.2, -0.15) is 0 Å². The number of carbonyl (C=O) groups is 2. The van der Waals surface area contributed by atoms with Gasteiger partial charge in [-0.1, -0.05) is 39.0 Å². The fraction of sp³-hybridized carbons (Fsp3) is 0.680. The van der Waals surface area contributed by atoms with E-state index in [1.807, 2.05) is 6.92 Å². The Balaban J connectivity index is 1.91. The van der Waals surface area contributed by atoms with Crippen LogP contribution in [-0.4, -0.2) is 51.5 Å². The van der Waals surface area contributed by atoms with Gasteiger partial charge in [-0.25, -0.2) is 4.79 Å². The molecule has 4 aliphatic rings. The number of ketones is 1. The number of fused-ring (bicyclic) bond motifs is 3. The van der Waals surface area contributed by atoms with Crippen molar-refractivity contribution in [3.8, 4) is 0 Å². The molecule has 170 valence electrons. The van der Waals surface area contributed by atoms with Gasteiger partial charge in [0.2, 0.25) is 0 Å². The Bertz CT molecular complexity index is 926. The molecular formula is C25H34O6. The topological polar surface area (TPSA) is 104 Å². The smallest absolute Gasteiger partial charge is 0.334 e. The van der Waals surface area contributed by atoms with Gasteiger partial charge < -0.3 is 20.1 Å². The van der Waals surface area contributed by atoms with Crippen molar-refractivity contribution >= 4 is 11.8 Å². The number of rotatable bonds is 3. The number of aliphatic hydroxyl groups excluding tert-OH is 2. The van der Waals surface area contributed by atoms with Crippen molar-refractivity contribution in [2.45, 2.75) is 65.8 Å². The predicted octanol–water partition coefficient (Wildman–Crippen LogP) is 2.33. The Morgan fingerprint density at radius 2 is 2.00 bits per heavy atom. The second kappa shape index (κ2) is 6.87. The summed E-state index contributed by atoms with van der Waals surface area (Å²) < 4.78 is 5.72. The molecule has 0 radical (unpaired) electrons. The summed E-state index contributed by atoms with van der Waals surface area (Å²) in [4.78, 5) is 26.8. The van der Waals surface area contributed by atoms with Gasteiger partial charge in [0.05, 0.1) is 12.0 Å². The summed E-state index contributed by atoms with van der Waals surface area (Å²) in [6, 6.07) is 0. The van der Waals surface area contributed by atoms with Crippen molar-refractivity contribution in [2.24, 2.45) is 34.5 Å². The third-order valence-electron chi connectivity index (χ3n) is 8.88. The minimum Gasteiger partial charge on any atom is -0.451 e. The van der Waals surface area contributed by atoms with Crippen LogP contribution in [0.3, 0.4) is 0 Å². The van der Waals surface area contributed by atoms with Crippen LogP contribution >= 0.6 is 0 Å². The van der Waals surface area contributed by atoms with Crippen LogP contribution in [0.1, 0.15) is 48.0 Å². The first kappa shape index (κ1) is 22.4. The first-order valence-electron chi connectivity index (χ1n) is 11.2. The molecule has 8 atom stereocenters. The zero-order chi connectivity index (χ0) is 23.1. The molecule has 1 spiro atoms. The molecule has 0 aromatic heterocycles. The van der Waals surface area contributed by atoms with Crippen LogP contribution in [-0.2, 0) is 14.3 Å². The fourth-order valence-electron chi connectivity index (χ4n) is 6.91. The summed E-state index contributed by atoms with van der Waals surface area (Å²) in [5.41, 5.74) is -2.36. The van der Waals surface area contributed by atoms with E-state index in [0.29, 0.717) is 17.1 Å². The Kier molecular flexibility index (Phi) is 4.97. The van der Waals surface area contributed by atoms with Crippen LogP contribution in [0.4, 0.5) is 0 Å². The Morgan fingerprint density at radius 1 is 1.35 bits per heavy atom. The zero-order valence-corrected chi connectivity index (χ0v) is 19.2. The molecule has 3 N–H and O–H groups in total. The molecule has 0 heterocycles. The van der Waals surface area contributed by atoms with Crippen molar-refractivity contribution in [3.63, 3.8) is 0 Å². The Morgan fingerprint density at radius 3 is 2.58 bits per heavy atom. The van der Waals surface area contributed by atoms with Crippen LogP contribution in [0, 0.1) is 34.5 Å². The van der Waals surface area contributed by atoms with Gasteiger partial charge in [-0.15, -0.1) is 0 Å². The van der Waals surface area contributed by atoms with Gasteiger partial charge in [-0.3, -0.25) is 4.79 Å². The largest absolute Gasteiger partial charge is 0.451 e. The summed E-state index contributed by atoms with van der Waals surface area (Å²) in [5, 5.41) is 33.7. The molecule has 0 aromatic rings. The van der Waals surface area contributed by atoms with E-state index in [-0.39, 0.29) is 28.6 Å². The number of ether oxygens (including phenoxy) is 1. The molecule has 0 unspecified atom stereocenters. The average molecular weight is 431 g/mol. The first-order valence-corrected chi connectivity index (χ1v) is 11.2. The van der Waals surface area contributed by atoms with Gasteiger partial charge in [0.15, 0.2) is 17.5 Å². The maximum Gasteiger partial charge on any atom is 0.334 e. The van der Waals surface area contributed by atoms with Gasteiger partial charge in [0.1, 0.15) is 6.10 Å². The third kappa shape index (κ3) is 2.61. The molecule has 0 saturated heterocycles. The highest BCUT2D eigenvalue weighted by Gasteiger charge is 2.76. The number of carbonyl (C=O) groups excluding carboxylic acids is 2. The number of aliphatic hydroxyl groups is 3. The summed E-state index contributed by atoms with van der Waals surface area (Å²) >= 11 is 0. The second-order valence-corrected chi connectivity index (χ2v) is 10.6. The molecular weight excluding hydrogens is 396 g/mol. The van der Waals surface area contributed by atoms with E-state index in [4.69, 9.17) is 4.74 Å². The highest BCUT2D eigenvalue weighted by atomic mass is 16.6. The number of hydrogen-bond donors (Lipinski definition) is 3. The van der Waals surface area contributed by atoms with Gasteiger partial charge in [0.25, 0.3) is 0 Å². The molecule has 4 rings (SSSR count). The molecule has 0 aliphatic heterocycles. The Labute approximate surface area is 183 Å². The lowest BCUT2D eigenvalue weighted by Gasteiger charge is -2.48. The van der Waals surface area contributed by atoms with E-state index in [1.165, 1.54) is 0 Å². The molecule has 6 nitrogen and oxygen atoms in total. The minimum absolute atomic E-state index is 0.0209. The standard InChI is InChI=1S/C25H34O6/c1-7-12(2)22(29)31-21-13(3)10-24-14(4)8-17-18(23(17,5)6)16(20(24)28)9-15(11-26)19(27)25(21,24)30/h7,9-10,14,16-19,21,26-27,30H,8,11H2,1-6H3/b12-7-/t14-,16-,17-,18-,19-,21+,24-,25-/m1/s1. The third-order valence-corrected chi connectivity index (χ3v) is 8.88. The monoisotopic (exact) mass is 430 g/mol. The van der Waals surface area contributed by atoms with E-state index < -0.39 is 41.7 Å². The van der Waals surface area contributed by atoms with Crippen molar-refractivity contribution in [1.82, 2.24) is 0 Å². The van der Waals surface area contributed by atoms with Crippen LogP contribution in [0.5, 0.6) is 0 Å². The highest BCUT2D eigenvalue weighted by Crippen LogP contribution is 2.71. The summed E-state index contributed by atoms with van der Waals surface area (Å²) in [6.45, 7) is 10.8. The normalized spacial score (nSPS) is 45.6. The molecule has 31 heavy (non-hydrogen) atoms. The first-order chi connectivity index (χ1) is 14.4. The van der Waals surface area contributed by atoms with Crippen molar-refractivity contribution in [2.75, 3.05) is 6.61 Å². The number of hydrogen-bond acceptors (Lipinski definition) is 6. The lowest BCUT2D eigenvalue weighted by atomic mass is 9.59. The van der Waals surface area contributed by atoms with Crippen molar-refractivity contribution in [1.29, 1.82) is 0 Å². The van der Waals surface area contributed by atoms with Crippen molar-refractivity contribution < 1.29 is 29.6 Å². The lowest BCUT2D eigenvalue weighted by molar-refractivity contribution is -0.201. The van der Waals surface area contributed by atoms with Crippen LogP contribution < -0.4 is 0 Å². The van der Waals surface area contributed by atoms with E-state index in [0.717, 1.165) is 6.42 Å². The molecule has 2 saturated carbocycles. The molecule has 4 aliphatic carbocycles. The Hall–Kier alpha value is -1.76. The molecule has 2 bridgehead atoms. The van der Waals surface area contributed by atoms with Crippen LogP contribution in [0.2, 0.25) is 0 Å². The number of allylic oxidation sites excluding steroid dienone is 2. The number of Topliss-reactive ketones (excluding diaryl/α,β-unsaturated/α-hetero) is 1. The van der Waals surface area contributed by atoms with E-state index in [2.05, 4.69) is 13.8 Å². The number of esters is 1. The summed E-state index contributed by atoms with van der Waals surface area (Å²) in [7, 11) is 0. The molecule has 0 aromatic carbocycles. The van der Waals surface area contributed by atoms with E-state index in [1.54, 1.807) is 39.0 Å². The minimum atomic E-state index is -2.08.